The summed E-state index contributed by atoms with van der Waals surface area (Å²) >= 11 is 0. The summed E-state index contributed by atoms with van der Waals surface area (Å²) in [5, 5.41) is 14.4. The normalized spacial score (nSPS) is 18.6. The molecule has 184 valence electrons. The standard InChI is InChI=1S/C25H32FN9/c1-16(2)22(28-3)19-11-18(13-30-24(19)27)23-20(26)14-31-25(33-23)32-21-6-5-17(12-29-21)15-35-9-7-34(4)8-10-35/h5-6,11-14,16,27-28H,7-10,15H2,1-4H3,(H,29,31,32,33)/b22-19-,27-24?. The highest BCUT2D eigenvalue weighted by Gasteiger charge is 2.20. The molecule has 4 rings (SSSR count). The van der Waals surface area contributed by atoms with Crippen LogP contribution in [0.4, 0.5) is 16.2 Å². The Morgan fingerprint density at radius 1 is 1.14 bits per heavy atom. The Kier molecular flexibility index (Phi) is 7.62. The smallest absolute Gasteiger partial charge is 0.229 e. The Balaban J connectivity index is 1.51. The maximum Gasteiger partial charge on any atom is 0.229 e. The number of nitrogens with one attached hydrogen (secondary N) is 3. The Morgan fingerprint density at radius 3 is 2.57 bits per heavy atom. The minimum atomic E-state index is -0.563. The zero-order valence-corrected chi connectivity index (χ0v) is 20.6. The summed E-state index contributed by atoms with van der Waals surface area (Å²) < 4.78 is 14.7. The molecule has 0 bridgehead atoms. The number of likely N-dealkylation sites (N-methyl/N-ethyl adjacent to an activating group) is 1. The van der Waals surface area contributed by atoms with Crippen molar-refractivity contribution in [2.75, 3.05) is 45.6 Å². The number of aromatic nitrogens is 3. The van der Waals surface area contributed by atoms with Crippen LogP contribution in [0, 0.1) is 17.1 Å². The first-order chi connectivity index (χ1) is 16.8. The molecule has 0 aromatic carbocycles. The molecule has 10 heteroatoms. The third-order valence-electron chi connectivity index (χ3n) is 6.11. The Morgan fingerprint density at radius 2 is 1.91 bits per heavy atom. The van der Waals surface area contributed by atoms with E-state index in [-0.39, 0.29) is 23.4 Å². The van der Waals surface area contributed by atoms with Crippen LogP contribution in [0.25, 0.3) is 5.57 Å². The number of hydrogen-bond acceptors (Lipinski definition) is 8. The number of pyridine rings is 1. The average molecular weight is 478 g/mol. The van der Waals surface area contributed by atoms with Crippen LogP contribution in [0.15, 0.2) is 46.9 Å². The van der Waals surface area contributed by atoms with E-state index in [0.717, 1.165) is 50.2 Å². The van der Waals surface area contributed by atoms with E-state index in [2.05, 4.69) is 47.4 Å². The zero-order chi connectivity index (χ0) is 24.9. The van der Waals surface area contributed by atoms with Gasteiger partial charge in [-0.2, -0.15) is 0 Å². The lowest BCUT2D eigenvalue weighted by atomic mass is 9.98. The second-order valence-electron chi connectivity index (χ2n) is 9.08. The van der Waals surface area contributed by atoms with Crippen LogP contribution < -0.4 is 10.6 Å². The Hall–Kier alpha value is -3.50. The molecule has 0 radical (unpaired) electrons. The van der Waals surface area contributed by atoms with Crippen molar-refractivity contribution in [1.82, 2.24) is 30.1 Å². The number of anilines is 2. The van der Waals surface area contributed by atoms with Crippen LogP contribution >= 0.6 is 0 Å². The van der Waals surface area contributed by atoms with Gasteiger partial charge in [-0.25, -0.2) is 24.3 Å². The maximum absolute atomic E-state index is 14.7. The lowest BCUT2D eigenvalue weighted by Crippen LogP contribution is -2.43. The molecule has 2 aliphatic rings. The van der Waals surface area contributed by atoms with Gasteiger partial charge in [-0.3, -0.25) is 10.3 Å². The third-order valence-corrected chi connectivity index (χ3v) is 6.11. The molecule has 0 saturated carbocycles. The van der Waals surface area contributed by atoms with Crippen LogP contribution in [0.2, 0.25) is 0 Å². The van der Waals surface area contributed by atoms with Crippen LogP contribution in [0.3, 0.4) is 0 Å². The van der Waals surface area contributed by atoms with E-state index in [1.165, 1.54) is 6.21 Å². The number of amidine groups is 1. The fourth-order valence-corrected chi connectivity index (χ4v) is 4.13. The molecule has 1 fully saturated rings. The summed E-state index contributed by atoms with van der Waals surface area (Å²) in [4.78, 5) is 21.9. The molecule has 3 N–H and O–H groups in total. The predicted octanol–water partition coefficient (Wildman–Crippen LogP) is 3.08. The minimum absolute atomic E-state index is 0.113. The van der Waals surface area contributed by atoms with Gasteiger partial charge < -0.3 is 15.5 Å². The Bertz CT molecular complexity index is 1160. The lowest BCUT2D eigenvalue weighted by Gasteiger charge is -2.32. The summed E-state index contributed by atoms with van der Waals surface area (Å²) in [7, 11) is 3.95. The SMILES string of the molecule is CN/C(=C1/C=C(c2nc(Nc3ccc(CN4CCN(C)CC4)cn3)ncc2F)C=NC1=N)C(C)C. The van der Waals surface area contributed by atoms with Crippen LogP contribution in [0.1, 0.15) is 25.1 Å². The quantitative estimate of drug-likeness (QED) is 0.563. The highest BCUT2D eigenvalue weighted by atomic mass is 19.1. The van der Waals surface area contributed by atoms with Crippen LogP contribution in [-0.4, -0.2) is 77.1 Å². The summed E-state index contributed by atoms with van der Waals surface area (Å²) in [5.41, 5.74) is 3.20. The Labute approximate surface area is 205 Å². The van der Waals surface area contributed by atoms with E-state index >= 15 is 0 Å². The van der Waals surface area contributed by atoms with Crippen molar-refractivity contribution in [3.05, 3.63) is 58.9 Å². The highest BCUT2D eigenvalue weighted by molar-refractivity contribution is 6.21. The van der Waals surface area contributed by atoms with Crippen LogP contribution in [-0.2, 0) is 6.54 Å². The predicted molar refractivity (Wildman–Crippen MR) is 137 cm³/mol. The van der Waals surface area contributed by atoms with Crippen molar-refractivity contribution in [1.29, 1.82) is 5.41 Å². The number of piperazine rings is 1. The van der Waals surface area contributed by atoms with E-state index in [9.17, 15) is 4.39 Å². The monoisotopic (exact) mass is 477 g/mol. The number of nitrogens with zero attached hydrogens (tertiary/aromatic N) is 6. The first-order valence-corrected chi connectivity index (χ1v) is 11.8. The largest absolute Gasteiger partial charge is 0.391 e. The van der Waals surface area contributed by atoms with Crippen molar-refractivity contribution in [3.8, 4) is 0 Å². The molecule has 2 aliphatic heterocycles. The van der Waals surface area contributed by atoms with E-state index in [4.69, 9.17) is 5.41 Å². The van der Waals surface area contributed by atoms with Gasteiger partial charge in [0, 0.05) is 69.0 Å². The first kappa shape index (κ1) is 24.6. The number of halogens is 1. The van der Waals surface area contributed by atoms with Gasteiger partial charge in [0.15, 0.2) is 11.7 Å². The number of rotatable bonds is 7. The van der Waals surface area contributed by atoms with E-state index < -0.39 is 5.82 Å². The van der Waals surface area contributed by atoms with Gasteiger partial charge in [-0.1, -0.05) is 19.9 Å². The first-order valence-electron chi connectivity index (χ1n) is 11.8. The van der Waals surface area contributed by atoms with Gasteiger partial charge >= 0.3 is 0 Å². The van der Waals surface area contributed by atoms with E-state index in [1.807, 2.05) is 32.2 Å². The highest BCUT2D eigenvalue weighted by Crippen LogP contribution is 2.25. The average Bonchev–Trinajstić information content (AvgIpc) is 2.84. The van der Waals surface area contributed by atoms with Gasteiger partial charge in [0.05, 0.1) is 6.20 Å². The molecular weight excluding hydrogens is 445 g/mol. The number of hydrogen-bond donors (Lipinski definition) is 3. The van der Waals surface area contributed by atoms with Crippen LogP contribution in [0.5, 0.6) is 0 Å². The number of aliphatic imine (C=N–C) groups is 1. The number of allylic oxidation sites excluding steroid dienone is 2. The molecule has 9 nitrogen and oxygen atoms in total. The second kappa shape index (κ2) is 10.8. The molecule has 0 atom stereocenters. The number of dihydropyridines is 1. The molecule has 0 spiro atoms. The van der Waals surface area contributed by atoms with E-state index in [0.29, 0.717) is 17.0 Å². The van der Waals surface area contributed by atoms with Gasteiger partial charge in [-0.05, 0) is 30.7 Å². The molecule has 1 saturated heterocycles. The van der Waals surface area contributed by atoms with Crippen molar-refractivity contribution in [3.63, 3.8) is 0 Å². The lowest BCUT2D eigenvalue weighted by molar-refractivity contribution is 0.148. The minimum Gasteiger partial charge on any atom is -0.391 e. The van der Waals surface area contributed by atoms with E-state index in [1.54, 1.807) is 13.1 Å². The molecular formula is C25H32FN9. The molecule has 0 aliphatic carbocycles. The third kappa shape index (κ3) is 5.95. The molecule has 35 heavy (non-hydrogen) atoms. The van der Waals surface area contributed by atoms with Gasteiger partial charge in [0.25, 0.3) is 0 Å². The second-order valence-corrected chi connectivity index (χ2v) is 9.08. The van der Waals surface area contributed by atoms with Crippen molar-refractivity contribution in [2.24, 2.45) is 10.9 Å². The van der Waals surface area contributed by atoms with Gasteiger partial charge in [-0.15, -0.1) is 0 Å². The molecule has 0 amide bonds. The van der Waals surface area contributed by atoms with Crippen molar-refractivity contribution in [2.45, 2.75) is 20.4 Å². The molecule has 0 unspecified atom stereocenters. The summed E-state index contributed by atoms with van der Waals surface area (Å²) in [5.74, 6) is 0.529. The van der Waals surface area contributed by atoms with Crippen molar-refractivity contribution >= 4 is 29.4 Å². The molecule has 4 heterocycles. The zero-order valence-electron chi connectivity index (χ0n) is 20.6. The molecule has 2 aromatic rings. The fourth-order valence-electron chi connectivity index (χ4n) is 4.13. The van der Waals surface area contributed by atoms with Gasteiger partial charge in [0.1, 0.15) is 11.5 Å². The van der Waals surface area contributed by atoms with Crippen molar-refractivity contribution < 1.29 is 4.39 Å². The maximum atomic E-state index is 14.7. The fraction of sp³-hybridized carbons (Fsp3) is 0.400. The van der Waals surface area contributed by atoms with Gasteiger partial charge in [0.2, 0.25) is 5.95 Å². The summed E-state index contributed by atoms with van der Waals surface area (Å²) in [6.45, 7) is 9.15. The summed E-state index contributed by atoms with van der Waals surface area (Å²) in [6, 6.07) is 3.91. The topological polar surface area (TPSA) is 105 Å². The molecule has 2 aromatic heterocycles. The summed E-state index contributed by atoms with van der Waals surface area (Å²) in [6.07, 6.45) is 6.17.